The van der Waals surface area contributed by atoms with Gasteiger partial charge in [0.2, 0.25) is 0 Å². The van der Waals surface area contributed by atoms with E-state index in [-0.39, 0.29) is 16.3 Å². The third kappa shape index (κ3) is 2.98. The van der Waals surface area contributed by atoms with Gasteiger partial charge in [0, 0.05) is 12.6 Å². The zero-order valence-corrected chi connectivity index (χ0v) is 11.9. The van der Waals surface area contributed by atoms with E-state index < -0.39 is 0 Å². The van der Waals surface area contributed by atoms with Crippen molar-refractivity contribution in [2.24, 2.45) is 0 Å². The Hall–Kier alpha value is -1.08. The maximum absolute atomic E-state index is 14.1. The first-order chi connectivity index (χ1) is 8.02. The second-order valence-electron chi connectivity index (χ2n) is 4.16. The van der Waals surface area contributed by atoms with Gasteiger partial charge in [0.15, 0.2) is 5.82 Å². The van der Waals surface area contributed by atoms with E-state index in [1.165, 1.54) is 0 Å². The standard InChI is InChI=1S/C13H16BrFN2/c1-4-7-17(9(2)3)11-6-5-10(8-16)12(14)13(11)15/h5-6,9H,4,7H2,1-3H3. The Kier molecular flexibility index (Phi) is 4.95. The summed E-state index contributed by atoms with van der Waals surface area (Å²) in [5.74, 6) is -0.355. The summed E-state index contributed by atoms with van der Waals surface area (Å²) in [5, 5.41) is 8.82. The molecule has 17 heavy (non-hydrogen) atoms. The summed E-state index contributed by atoms with van der Waals surface area (Å²) in [6, 6.07) is 5.51. The summed E-state index contributed by atoms with van der Waals surface area (Å²) in [5.41, 5.74) is 0.874. The number of hydrogen-bond donors (Lipinski definition) is 0. The van der Waals surface area contributed by atoms with Gasteiger partial charge in [-0.05, 0) is 48.3 Å². The van der Waals surface area contributed by atoms with Gasteiger partial charge in [-0.25, -0.2) is 4.39 Å². The van der Waals surface area contributed by atoms with E-state index >= 15 is 0 Å². The number of rotatable bonds is 4. The summed E-state index contributed by atoms with van der Waals surface area (Å²) in [4.78, 5) is 2.00. The largest absolute Gasteiger partial charge is 0.367 e. The van der Waals surface area contributed by atoms with Crippen molar-refractivity contribution in [3.05, 3.63) is 28.0 Å². The van der Waals surface area contributed by atoms with Crippen molar-refractivity contribution in [2.75, 3.05) is 11.4 Å². The molecule has 0 heterocycles. The highest BCUT2D eigenvalue weighted by atomic mass is 79.9. The molecule has 0 N–H and O–H groups in total. The van der Waals surface area contributed by atoms with E-state index in [1.807, 2.05) is 24.8 Å². The molecule has 0 spiro atoms. The first-order valence-corrected chi connectivity index (χ1v) is 6.47. The Labute approximate surface area is 110 Å². The second-order valence-corrected chi connectivity index (χ2v) is 4.95. The van der Waals surface area contributed by atoms with Crippen LogP contribution in [0.3, 0.4) is 0 Å². The van der Waals surface area contributed by atoms with Gasteiger partial charge in [-0.1, -0.05) is 6.92 Å². The van der Waals surface area contributed by atoms with Crippen LogP contribution in [0.1, 0.15) is 32.8 Å². The fraction of sp³-hybridized carbons (Fsp3) is 0.462. The maximum Gasteiger partial charge on any atom is 0.161 e. The fourth-order valence-electron chi connectivity index (χ4n) is 1.75. The van der Waals surface area contributed by atoms with Crippen molar-refractivity contribution in [1.29, 1.82) is 5.26 Å². The van der Waals surface area contributed by atoms with Crippen molar-refractivity contribution < 1.29 is 4.39 Å². The lowest BCUT2D eigenvalue weighted by atomic mass is 10.1. The van der Waals surface area contributed by atoms with Crippen LogP contribution >= 0.6 is 15.9 Å². The zero-order valence-electron chi connectivity index (χ0n) is 10.3. The van der Waals surface area contributed by atoms with Crippen molar-refractivity contribution >= 4 is 21.6 Å². The normalized spacial score (nSPS) is 10.4. The van der Waals surface area contributed by atoms with Gasteiger partial charge in [0.1, 0.15) is 6.07 Å². The van der Waals surface area contributed by atoms with Gasteiger partial charge < -0.3 is 4.90 Å². The van der Waals surface area contributed by atoms with Crippen LogP contribution in [0, 0.1) is 17.1 Å². The van der Waals surface area contributed by atoms with Crippen LogP contribution < -0.4 is 4.90 Å². The molecule has 0 amide bonds. The van der Waals surface area contributed by atoms with Gasteiger partial charge in [-0.15, -0.1) is 0 Å². The number of hydrogen-bond acceptors (Lipinski definition) is 2. The van der Waals surface area contributed by atoms with Gasteiger partial charge >= 0.3 is 0 Å². The number of nitrogens with zero attached hydrogens (tertiary/aromatic N) is 2. The lowest BCUT2D eigenvalue weighted by molar-refractivity contribution is 0.591. The summed E-state index contributed by atoms with van der Waals surface area (Å²) in [6.45, 7) is 6.92. The minimum atomic E-state index is -0.355. The molecule has 2 nitrogen and oxygen atoms in total. The first kappa shape index (κ1) is 14.0. The summed E-state index contributed by atoms with van der Waals surface area (Å²) in [6.07, 6.45) is 0.954. The molecule has 0 aliphatic rings. The van der Waals surface area contributed by atoms with Crippen LogP contribution in [0.25, 0.3) is 0 Å². The predicted molar refractivity (Wildman–Crippen MR) is 71.6 cm³/mol. The third-order valence-electron chi connectivity index (χ3n) is 2.58. The minimum Gasteiger partial charge on any atom is -0.367 e. The minimum absolute atomic E-state index is 0.226. The molecule has 0 aromatic heterocycles. The van der Waals surface area contributed by atoms with Crippen LogP contribution in [0.5, 0.6) is 0 Å². The summed E-state index contributed by atoms with van der Waals surface area (Å²) < 4.78 is 14.4. The molecule has 0 aliphatic carbocycles. The van der Waals surface area contributed by atoms with Crippen LogP contribution in [0.15, 0.2) is 16.6 Å². The van der Waals surface area contributed by atoms with Crippen LogP contribution in [0.2, 0.25) is 0 Å². The molecule has 1 aromatic rings. The molecule has 92 valence electrons. The van der Waals surface area contributed by atoms with Crippen LogP contribution in [0.4, 0.5) is 10.1 Å². The number of benzene rings is 1. The van der Waals surface area contributed by atoms with E-state index in [0.717, 1.165) is 13.0 Å². The van der Waals surface area contributed by atoms with E-state index in [4.69, 9.17) is 5.26 Å². The van der Waals surface area contributed by atoms with Gasteiger partial charge in [0.05, 0.1) is 15.7 Å². The fourth-order valence-corrected chi connectivity index (χ4v) is 2.17. The molecule has 0 atom stereocenters. The van der Waals surface area contributed by atoms with Crippen molar-refractivity contribution in [2.45, 2.75) is 33.2 Å². The monoisotopic (exact) mass is 298 g/mol. The highest BCUT2D eigenvalue weighted by molar-refractivity contribution is 9.10. The van der Waals surface area contributed by atoms with Crippen molar-refractivity contribution in [3.63, 3.8) is 0 Å². The second kappa shape index (κ2) is 6.02. The number of nitriles is 1. The average molecular weight is 299 g/mol. The summed E-state index contributed by atoms with van der Waals surface area (Å²) >= 11 is 3.14. The lowest BCUT2D eigenvalue weighted by Crippen LogP contribution is -2.32. The topological polar surface area (TPSA) is 27.0 Å². The molecular weight excluding hydrogens is 283 g/mol. The van der Waals surface area contributed by atoms with Gasteiger partial charge in [-0.2, -0.15) is 5.26 Å². The number of halogens is 2. The van der Waals surface area contributed by atoms with Crippen LogP contribution in [-0.2, 0) is 0 Å². The van der Waals surface area contributed by atoms with E-state index in [2.05, 4.69) is 22.9 Å². The first-order valence-electron chi connectivity index (χ1n) is 5.67. The quantitative estimate of drug-likeness (QED) is 0.837. The molecule has 0 radical (unpaired) electrons. The Morgan fingerprint density at radius 3 is 2.59 bits per heavy atom. The molecule has 0 bridgehead atoms. The van der Waals surface area contributed by atoms with Gasteiger partial charge in [0.25, 0.3) is 0 Å². The Balaban J connectivity index is 3.22. The molecule has 0 unspecified atom stereocenters. The van der Waals surface area contributed by atoms with E-state index in [1.54, 1.807) is 12.1 Å². The van der Waals surface area contributed by atoms with Crippen molar-refractivity contribution in [3.8, 4) is 6.07 Å². The van der Waals surface area contributed by atoms with E-state index in [0.29, 0.717) is 11.3 Å². The zero-order chi connectivity index (χ0) is 13.0. The Morgan fingerprint density at radius 1 is 1.47 bits per heavy atom. The Bertz CT molecular complexity index is 438. The predicted octanol–water partition coefficient (Wildman–Crippen LogP) is 4.08. The Morgan fingerprint density at radius 2 is 2.12 bits per heavy atom. The molecule has 4 heteroatoms. The molecule has 0 fully saturated rings. The SMILES string of the molecule is CCCN(c1ccc(C#N)c(Br)c1F)C(C)C. The smallest absolute Gasteiger partial charge is 0.161 e. The maximum atomic E-state index is 14.1. The van der Waals surface area contributed by atoms with Crippen molar-refractivity contribution in [1.82, 2.24) is 0 Å². The molecule has 0 saturated heterocycles. The highest BCUT2D eigenvalue weighted by Gasteiger charge is 2.17. The van der Waals surface area contributed by atoms with Crippen LogP contribution in [-0.4, -0.2) is 12.6 Å². The molecule has 0 aliphatic heterocycles. The third-order valence-corrected chi connectivity index (χ3v) is 3.35. The molecule has 0 saturated carbocycles. The lowest BCUT2D eigenvalue weighted by Gasteiger charge is -2.29. The van der Waals surface area contributed by atoms with Gasteiger partial charge in [-0.3, -0.25) is 0 Å². The average Bonchev–Trinajstić information content (AvgIpc) is 2.30. The molecule has 1 rings (SSSR count). The molecule has 1 aromatic carbocycles. The summed E-state index contributed by atoms with van der Waals surface area (Å²) in [7, 11) is 0. The highest BCUT2D eigenvalue weighted by Crippen LogP contribution is 2.30. The molecular formula is C13H16BrFN2. The number of anilines is 1. The van der Waals surface area contributed by atoms with E-state index in [9.17, 15) is 4.39 Å².